The number of fused-ring (bicyclic) bond motifs is 3. The van der Waals surface area contributed by atoms with Gasteiger partial charge in [0.2, 0.25) is 0 Å². The monoisotopic (exact) mass is 895 g/mol. The molecule has 3 aromatic heterocycles. The summed E-state index contributed by atoms with van der Waals surface area (Å²) in [6.45, 7) is 0. The van der Waals surface area contributed by atoms with Crippen LogP contribution in [0.5, 0.6) is 17.2 Å². The number of rotatable bonds is 6. The van der Waals surface area contributed by atoms with E-state index >= 15 is 0 Å². The Bertz CT molecular complexity index is 2310. The largest absolute Gasteiger partial charge is 3.00 e. The molecule has 0 atom stereocenters. The molecule has 55 heavy (non-hydrogen) atoms. The van der Waals surface area contributed by atoms with Crippen LogP contribution in [0.2, 0.25) is 0 Å². The minimum absolute atomic E-state index is 0. The number of methoxy groups -OCH3 is 3. The number of aromatic nitrogens is 3. The third-order valence-electron chi connectivity index (χ3n) is 8.85. The molecule has 0 aliphatic heterocycles. The van der Waals surface area contributed by atoms with Crippen molar-refractivity contribution in [3.05, 3.63) is 182 Å². The summed E-state index contributed by atoms with van der Waals surface area (Å²) in [6, 6.07) is 57.6. The van der Waals surface area contributed by atoms with Gasteiger partial charge in [-0.25, -0.2) is 0 Å². The fraction of sp³-hybridized carbons (Fsp3) is 0.0625. The van der Waals surface area contributed by atoms with E-state index in [2.05, 4.69) is 69.5 Å². The average molecular weight is 895 g/mol. The molecule has 270 valence electrons. The van der Waals surface area contributed by atoms with E-state index < -0.39 is 0 Å². The standard InChI is InChI=1S/3C16H12NO.Ir/c3*1-18-14-8-6-13(7-9-14)16-15-5-3-2-4-12(15)10-11-17-16;/h3*2-6,8-11H,1H3;/q3*-1;+3. The molecule has 3 heterocycles. The molecule has 0 spiro atoms. The second-order valence-electron chi connectivity index (χ2n) is 12.1. The molecule has 0 bridgehead atoms. The van der Waals surface area contributed by atoms with Crippen LogP contribution in [-0.4, -0.2) is 36.3 Å². The van der Waals surface area contributed by atoms with Gasteiger partial charge in [0.15, 0.2) is 0 Å². The van der Waals surface area contributed by atoms with Gasteiger partial charge in [0.25, 0.3) is 0 Å². The van der Waals surface area contributed by atoms with Gasteiger partial charge in [0, 0.05) is 35.8 Å². The van der Waals surface area contributed by atoms with E-state index in [0.717, 1.165) is 67.2 Å². The zero-order valence-electron chi connectivity index (χ0n) is 30.5. The van der Waals surface area contributed by atoms with Crippen LogP contribution in [-0.2, 0) is 20.1 Å². The van der Waals surface area contributed by atoms with E-state index in [1.54, 1.807) is 21.3 Å². The molecule has 0 aliphatic carbocycles. The van der Waals surface area contributed by atoms with E-state index in [-0.39, 0.29) is 20.1 Å². The first-order valence-electron chi connectivity index (χ1n) is 17.3. The van der Waals surface area contributed by atoms with Crippen molar-refractivity contribution in [1.29, 1.82) is 0 Å². The summed E-state index contributed by atoms with van der Waals surface area (Å²) in [7, 11) is 4.96. The molecule has 0 N–H and O–H groups in total. The van der Waals surface area contributed by atoms with Gasteiger partial charge >= 0.3 is 20.1 Å². The number of ether oxygens (including phenoxy) is 3. The van der Waals surface area contributed by atoms with E-state index in [1.165, 1.54) is 16.2 Å². The minimum Gasteiger partial charge on any atom is -0.540 e. The second-order valence-corrected chi connectivity index (χ2v) is 12.1. The molecule has 6 nitrogen and oxygen atoms in total. The van der Waals surface area contributed by atoms with E-state index in [0.29, 0.717) is 0 Å². The van der Waals surface area contributed by atoms with Gasteiger partial charge in [-0.1, -0.05) is 72.8 Å². The molecule has 9 aromatic rings. The summed E-state index contributed by atoms with van der Waals surface area (Å²) in [5.74, 6) is 2.41. The van der Waals surface area contributed by atoms with E-state index in [4.69, 9.17) is 14.2 Å². The molecular formula is C48H36IrN3O3. The molecular weight excluding hydrogens is 859 g/mol. The van der Waals surface area contributed by atoms with Crippen LogP contribution in [0.15, 0.2) is 164 Å². The van der Waals surface area contributed by atoms with Crippen molar-refractivity contribution >= 4 is 32.3 Å². The van der Waals surface area contributed by atoms with E-state index in [1.807, 2.05) is 128 Å². The van der Waals surface area contributed by atoms with Gasteiger partial charge in [-0.3, -0.25) is 0 Å². The SMILES string of the molecule is COc1c[c-]c(-c2nccc3ccccc23)cc1.COc1c[c-]c(-c2nccc3ccccc23)cc1.COc1c[c-]c(-c2nccc3ccccc23)cc1.[Ir+3]. The molecule has 0 fully saturated rings. The third-order valence-corrected chi connectivity index (χ3v) is 8.85. The molecule has 7 heteroatoms. The Balaban J connectivity index is 0.000000139. The molecule has 0 aliphatic rings. The summed E-state index contributed by atoms with van der Waals surface area (Å²) in [4.78, 5) is 13.4. The quantitative estimate of drug-likeness (QED) is 0.155. The zero-order chi connectivity index (χ0) is 37.1. The van der Waals surface area contributed by atoms with Crippen molar-refractivity contribution < 1.29 is 34.3 Å². The average Bonchev–Trinajstić information content (AvgIpc) is 3.26. The van der Waals surface area contributed by atoms with Gasteiger partial charge in [0.1, 0.15) is 0 Å². The van der Waals surface area contributed by atoms with Gasteiger partial charge in [-0.2, -0.15) is 0 Å². The molecule has 0 unspecified atom stereocenters. The molecule has 0 saturated carbocycles. The minimum atomic E-state index is 0. The number of nitrogens with zero attached hydrogens (tertiary/aromatic N) is 3. The number of hydrogen-bond acceptors (Lipinski definition) is 6. The Labute approximate surface area is 334 Å². The van der Waals surface area contributed by atoms with Crippen LogP contribution in [0, 0.1) is 18.2 Å². The zero-order valence-corrected chi connectivity index (χ0v) is 32.9. The van der Waals surface area contributed by atoms with Gasteiger partial charge in [-0.15, -0.1) is 89.5 Å². The fourth-order valence-corrected chi connectivity index (χ4v) is 6.06. The summed E-state index contributed by atoms with van der Waals surface area (Å²) >= 11 is 0. The van der Waals surface area contributed by atoms with Crippen LogP contribution < -0.4 is 14.2 Å². The maximum Gasteiger partial charge on any atom is 3.00 e. The maximum atomic E-state index is 5.14. The van der Waals surface area contributed by atoms with Crippen LogP contribution >= 0.6 is 0 Å². The first-order chi connectivity index (χ1) is 26.6. The van der Waals surface area contributed by atoms with Gasteiger partial charge < -0.3 is 29.2 Å². The Kier molecular flexibility index (Phi) is 12.9. The van der Waals surface area contributed by atoms with Crippen molar-refractivity contribution in [2.75, 3.05) is 21.3 Å². The molecule has 6 aromatic carbocycles. The van der Waals surface area contributed by atoms with Crippen LogP contribution in [0.4, 0.5) is 0 Å². The van der Waals surface area contributed by atoms with Gasteiger partial charge in [0.05, 0.1) is 21.3 Å². The van der Waals surface area contributed by atoms with Crippen molar-refractivity contribution in [2.24, 2.45) is 0 Å². The number of pyridine rings is 3. The molecule has 9 rings (SSSR count). The topological polar surface area (TPSA) is 66.4 Å². The third kappa shape index (κ3) is 9.05. The molecule has 0 radical (unpaired) electrons. The summed E-state index contributed by atoms with van der Waals surface area (Å²) in [6.07, 6.45) is 5.49. The summed E-state index contributed by atoms with van der Waals surface area (Å²) < 4.78 is 15.4. The van der Waals surface area contributed by atoms with Crippen molar-refractivity contribution in [2.45, 2.75) is 0 Å². The predicted octanol–water partition coefficient (Wildman–Crippen LogP) is 11.1. The smallest absolute Gasteiger partial charge is 0.540 e. The Morgan fingerprint density at radius 3 is 0.909 bits per heavy atom. The van der Waals surface area contributed by atoms with Crippen molar-refractivity contribution in [1.82, 2.24) is 15.0 Å². The van der Waals surface area contributed by atoms with E-state index in [9.17, 15) is 0 Å². The maximum absolute atomic E-state index is 5.14. The number of benzene rings is 6. The Hall–Kier alpha value is -6.40. The number of hydrogen-bond donors (Lipinski definition) is 0. The van der Waals surface area contributed by atoms with Crippen LogP contribution in [0.3, 0.4) is 0 Å². The Morgan fingerprint density at radius 1 is 0.364 bits per heavy atom. The first-order valence-corrected chi connectivity index (χ1v) is 17.3. The molecule has 0 saturated heterocycles. The summed E-state index contributed by atoms with van der Waals surface area (Å²) in [5, 5.41) is 6.98. The van der Waals surface area contributed by atoms with Crippen LogP contribution in [0.1, 0.15) is 0 Å². The predicted molar refractivity (Wildman–Crippen MR) is 218 cm³/mol. The fourth-order valence-electron chi connectivity index (χ4n) is 6.06. The van der Waals surface area contributed by atoms with Crippen LogP contribution in [0.25, 0.3) is 66.1 Å². The van der Waals surface area contributed by atoms with Crippen molar-refractivity contribution in [3.63, 3.8) is 0 Å². The molecule has 0 amide bonds. The normalized spacial score (nSPS) is 10.3. The summed E-state index contributed by atoms with van der Waals surface area (Å²) in [5.41, 5.74) is 5.80. The van der Waals surface area contributed by atoms with Crippen molar-refractivity contribution in [3.8, 4) is 51.0 Å². The van der Waals surface area contributed by atoms with Gasteiger partial charge in [-0.05, 0) is 67.6 Å². The second kappa shape index (κ2) is 18.6. The first kappa shape index (κ1) is 38.3. The Morgan fingerprint density at radius 2 is 0.655 bits per heavy atom.